The second-order valence-electron chi connectivity index (χ2n) is 7.30. The summed E-state index contributed by atoms with van der Waals surface area (Å²) in [4.78, 5) is 27.4. The number of nitrogens with zero attached hydrogens (tertiary/aromatic N) is 3. The third kappa shape index (κ3) is 4.18. The Morgan fingerprint density at radius 3 is 2.59 bits per heavy atom. The Hall–Kier alpha value is -3.95. The van der Waals surface area contributed by atoms with Crippen molar-refractivity contribution in [2.24, 2.45) is 10.2 Å². The van der Waals surface area contributed by atoms with Gasteiger partial charge in [0, 0.05) is 10.6 Å². The summed E-state index contributed by atoms with van der Waals surface area (Å²) in [6.07, 6.45) is 1.66. The molecule has 0 aliphatic carbocycles. The molecule has 3 aromatic carbocycles. The number of hydrogen-bond acceptors (Lipinski definition) is 6. The predicted molar refractivity (Wildman–Crippen MR) is 132 cm³/mol. The molecule has 2 N–H and O–H groups in total. The molecule has 0 unspecified atom stereocenters. The number of thioether (sulfide) groups is 1. The molecule has 7 nitrogen and oxygen atoms in total. The molecule has 2 amide bonds. The summed E-state index contributed by atoms with van der Waals surface area (Å²) in [5.41, 5.74) is 1.84. The van der Waals surface area contributed by atoms with Gasteiger partial charge in [0.2, 0.25) is 5.17 Å². The molecule has 2 aliphatic rings. The van der Waals surface area contributed by atoms with Crippen molar-refractivity contribution in [3.8, 4) is 5.75 Å². The number of fused-ring (bicyclic) bond motifs is 1. The average Bonchev–Trinajstić information content (AvgIpc) is 3.29. The molecule has 168 valence electrons. The summed E-state index contributed by atoms with van der Waals surface area (Å²) in [6, 6.07) is 16.9. The number of amides is 2. The maximum atomic E-state index is 13.7. The van der Waals surface area contributed by atoms with E-state index >= 15 is 0 Å². The van der Waals surface area contributed by atoms with Crippen LogP contribution in [0, 0.1) is 5.82 Å². The zero-order chi connectivity index (χ0) is 23.8. The SMILES string of the molecule is O=C1Nc2ccc(F)cc2C1=NN=C1SC(=Cc2ccc(O)cc2)C(=O)N1c1cccc(Cl)c1. The number of benzene rings is 3. The Morgan fingerprint density at radius 1 is 1.03 bits per heavy atom. The number of rotatable bonds is 3. The van der Waals surface area contributed by atoms with Crippen molar-refractivity contribution in [1.29, 1.82) is 0 Å². The van der Waals surface area contributed by atoms with Gasteiger partial charge in [-0.05, 0) is 71.9 Å². The number of phenols is 1. The second kappa shape index (κ2) is 8.77. The highest BCUT2D eigenvalue weighted by Gasteiger charge is 2.35. The van der Waals surface area contributed by atoms with E-state index in [2.05, 4.69) is 15.5 Å². The Bertz CT molecular complexity index is 1440. The van der Waals surface area contributed by atoms with Crippen LogP contribution in [0.3, 0.4) is 0 Å². The molecule has 0 atom stereocenters. The van der Waals surface area contributed by atoms with E-state index in [9.17, 15) is 19.1 Å². The molecule has 1 saturated heterocycles. The van der Waals surface area contributed by atoms with Gasteiger partial charge in [-0.1, -0.05) is 29.8 Å². The topological polar surface area (TPSA) is 94.4 Å². The normalized spacial score (nSPS) is 18.8. The van der Waals surface area contributed by atoms with Crippen molar-refractivity contribution in [1.82, 2.24) is 0 Å². The third-order valence-electron chi connectivity index (χ3n) is 5.00. The summed E-state index contributed by atoms with van der Waals surface area (Å²) < 4.78 is 13.7. The standard InChI is InChI=1S/C24H14ClFN4O3S/c25-14-2-1-3-16(11-14)30-23(33)20(10-13-4-7-17(31)8-5-13)34-24(30)29-28-21-18-12-15(26)6-9-19(18)27-22(21)32/h1-12,31H,(H,27,28,32). The van der Waals surface area contributed by atoms with E-state index in [-0.39, 0.29) is 28.1 Å². The van der Waals surface area contributed by atoms with Crippen LogP contribution in [0.25, 0.3) is 6.08 Å². The lowest BCUT2D eigenvalue weighted by molar-refractivity contribution is -0.113. The number of hydrogen-bond donors (Lipinski definition) is 2. The van der Waals surface area contributed by atoms with Crippen molar-refractivity contribution >= 4 is 63.5 Å². The number of nitrogens with one attached hydrogen (secondary N) is 1. The van der Waals surface area contributed by atoms with Gasteiger partial charge in [0.25, 0.3) is 11.8 Å². The fourth-order valence-electron chi connectivity index (χ4n) is 3.42. The van der Waals surface area contributed by atoms with Crippen molar-refractivity contribution < 1.29 is 19.1 Å². The van der Waals surface area contributed by atoms with Gasteiger partial charge in [0.1, 0.15) is 11.6 Å². The van der Waals surface area contributed by atoms with Crippen LogP contribution >= 0.6 is 23.4 Å². The first kappa shape index (κ1) is 21.9. The number of aromatic hydroxyl groups is 1. The summed E-state index contributed by atoms with van der Waals surface area (Å²) in [5.74, 6) is -1.28. The van der Waals surface area contributed by atoms with Gasteiger partial charge in [-0.3, -0.25) is 14.5 Å². The lowest BCUT2D eigenvalue weighted by Gasteiger charge is -2.15. The van der Waals surface area contributed by atoms with E-state index in [0.29, 0.717) is 26.9 Å². The third-order valence-corrected chi connectivity index (χ3v) is 6.19. The first-order valence-corrected chi connectivity index (χ1v) is 11.1. The van der Waals surface area contributed by atoms with Crippen LogP contribution in [0.2, 0.25) is 5.02 Å². The highest BCUT2D eigenvalue weighted by Crippen LogP contribution is 2.37. The average molecular weight is 493 g/mol. The van der Waals surface area contributed by atoms with Gasteiger partial charge in [0.05, 0.1) is 16.3 Å². The van der Waals surface area contributed by atoms with Crippen molar-refractivity contribution in [3.63, 3.8) is 0 Å². The molecule has 0 bridgehead atoms. The van der Waals surface area contributed by atoms with Gasteiger partial charge in [-0.25, -0.2) is 4.39 Å². The maximum absolute atomic E-state index is 13.7. The molecule has 3 aromatic rings. The molecular weight excluding hydrogens is 479 g/mol. The molecule has 5 rings (SSSR count). The second-order valence-corrected chi connectivity index (χ2v) is 8.74. The molecule has 0 radical (unpaired) electrons. The molecule has 0 aromatic heterocycles. The quantitative estimate of drug-likeness (QED) is 0.396. The summed E-state index contributed by atoms with van der Waals surface area (Å²) >= 11 is 7.20. The van der Waals surface area contributed by atoms with Gasteiger partial charge in [0.15, 0.2) is 5.71 Å². The maximum Gasteiger partial charge on any atom is 0.276 e. The fourth-order valence-corrected chi connectivity index (χ4v) is 4.54. The lowest BCUT2D eigenvalue weighted by atomic mass is 10.1. The van der Waals surface area contributed by atoms with Crippen molar-refractivity contribution in [3.05, 3.63) is 93.6 Å². The zero-order valence-corrected chi connectivity index (χ0v) is 18.8. The van der Waals surface area contributed by atoms with Crippen molar-refractivity contribution in [2.45, 2.75) is 0 Å². The number of halogens is 2. The van der Waals surface area contributed by atoms with E-state index in [1.807, 2.05) is 0 Å². The first-order valence-electron chi connectivity index (χ1n) is 9.94. The van der Waals surface area contributed by atoms with E-state index in [4.69, 9.17) is 11.6 Å². The summed E-state index contributed by atoms with van der Waals surface area (Å²) in [5, 5.41) is 21.0. The molecule has 34 heavy (non-hydrogen) atoms. The number of carbonyl (C=O) groups is 2. The number of carbonyl (C=O) groups excluding carboxylic acids is 2. The Morgan fingerprint density at radius 2 is 1.82 bits per heavy atom. The summed E-state index contributed by atoms with van der Waals surface area (Å²) in [7, 11) is 0. The van der Waals surface area contributed by atoms with Gasteiger partial charge in [-0.2, -0.15) is 0 Å². The minimum absolute atomic E-state index is 0.0583. The van der Waals surface area contributed by atoms with Gasteiger partial charge in [-0.15, -0.1) is 10.2 Å². The molecule has 1 fully saturated rings. The van der Waals surface area contributed by atoms with E-state index < -0.39 is 11.7 Å². The summed E-state index contributed by atoms with van der Waals surface area (Å²) in [6.45, 7) is 0. The highest BCUT2D eigenvalue weighted by atomic mass is 35.5. The van der Waals surface area contributed by atoms with Crippen LogP contribution in [0.1, 0.15) is 11.1 Å². The van der Waals surface area contributed by atoms with Crippen LogP contribution in [0.4, 0.5) is 15.8 Å². The van der Waals surface area contributed by atoms with Crippen LogP contribution in [-0.2, 0) is 9.59 Å². The largest absolute Gasteiger partial charge is 0.508 e. The minimum Gasteiger partial charge on any atom is -0.508 e. The van der Waals surface area contributed by atoms with E-state index in [1.54, 1.807) is 42.5 Å². The highest BCUT2D eigenvalue weighted by molar-refractivity contribution is 8.19. The number of anilines is 2. The van der Waals surface area contributed by atoms with Crippen LogP contribution in [0.15, 0.2) is 81.8 Å². The van der Waals surface area contributed by atoms with E-state index in [1.165, 1.54) is 35.2 Å². The molecule has 0 saturated carbocycles. The Kier molecular flexibility index (Phi) is 5.64. The van der Waals surface area contributed by atoms with E-state index in [0.717, 1.165) is 11.8 Å². The molecule has 2 heterocycles. The van der Waals surface area contributed by atoms with Crippen LogP contribution in [-0.4, -0.2) is 27.8 Å². The lowest BCUT2D eigenvalue weighted by Crippen LogP contribution is -2.28. The van der Waals surface area contributed by atoms with Gasteiger partial charge < -0.3 is 10.4 Å². The van der Waals surface area contributed by atoms with Crippen LogP contribution < -0.4 is 10.2 Å². The number of amidine groups is 1. The van der Waals surface area contributed by atoms with Crippen LogP contribution in [0.5, 0.6) is 5.75 Å². The number of phenolic OH excluding ortho intramolecular Hbond substituents is 1. The van der Waals surface area contributed by atoms with Gasteiger partial charge >= 0.3 is 0 Å². The molecule has 10 heteroatoms. The minimum atomic E-state index is -0.520. The van der Waals surface area contributed by atoms with Crippen molar-refractivity contribution in [2.75, 3.05) is 10.2 Å². The molecule has 2 aliphatic heterocycles. The molecular formula is C24H14ClFN4O3S. The first-order chi connectivity index (χ1) is 16.4. The fraction of sp³-hybridized carbons (Fsp3) is 0. The monoisotopic (exact) mass is 492 g/mol. The molecule has 0 spiro atoms. The Labute approximate surface area is 202 Å². The smallest absolute Gasteiger partial charge is 0.276 e. The predicted octanol–water partition coefficient (Wildman–Crippen LogP) is 5.02. The Balaban J connectivity index is 1.58. The zero-order valence-electron chi connectivity index (χ0n) is 17.2.